The van der Waals surface area contributed by atoms with Gasteiger partial charge in [-0.1, -0.05) is 42.5 Å². The van der Waals surface area contributed by atoms with Crippen molar-refractivity contribution in [2.45, 2.75) is 25.9 Å². The van der Waals surface area contributed by atoms with E-state index in [2.05, 4.69) is 34.1 Å². The average molecular weight is 393 g/mol. The van der Waals surface area contributed by atoms with Gasteiger partial charge in [0.25, 0.3) is 5.91 Å². The number of anilines is 1. The van der Waals surface area contributed by atoms with Gasteiger partial charge in [0.2, 0.25) is 5.91 Å². The summed E-state index contributed by atoms with van der Waals surface area (Å²) in [7, 11) is 0. The Morgan fingerprint density at radius 2 is 1.62 bits per heavy atom. The molecular formula is C23H27N3O3. The third-order valence-corrected chi connectivity index (χ3v) is 5.63. The maximum atomic E-state index is 13.1. The molecule has 0 spiro atoms. The van der Waals surface area contributed by atoms with Gasteiger partial charge in [-0.15, -0.1) is 0 Å². The number of ether oxygens (including phenoxy) is 1. The lowest BCUT2D eigenvalue weighted by molar-refractivity contribution is -0.123. The van der Waals surface area contributed by atoms with E-state index in [-0.39, 0.29) is 24.3 Å². The molecule has 0 aromatic heterocycles. The van der Waals surface area contributed by atoms with Crippen LogP contribution >= 0.6 is 0 Å². The van der Waals surface area contributed by atoms with Crippen molar-refractivity contribution in [2.24, 2.45) is 0 Å². The number of benzene rings is 2. The van der Waals surface area contributed by atoms with E-state index in [1.54, 1.807) is 12.1 Å². The summed E-state index contributed by atoms with van der Waals surface area (Å²) < 4.78 is 5.63. The van der Waals surface area contributed by atoms with Crippen LogP contribution in [-0.4, -0.2) is 60.4 Å². The van der Waals surface area contributed by atoms with Gasteiger partial charge in [-0.25, -0.2) is 4.90 Å². The van der Waals surface area contributed by atoms with Gasteiger partial charge in [-0.3, -0.25) is 19.4 Å². The van der Waals surface area contributed by atoms with Crippen LogP contribution in [0, 0.1) is 0 Å². The van der Waals surface area contributed by atoms with Crippen LogP contribution in [0.2, 0.25) is 0 Å². The van der Waals surface area contributed by atoms with Crippen molar-refractivity contribution in [1.29, 1.82) is 0 Å². The van der Waals surface area contributed by atoms with Gasteiger partial charge >= 0.3 is 0 Å². The maximum absolute atomic E-state index is 13.1. The van der Waals surface area contributed by atoms with Crippen LogP contribution in [0.3, 0.4) is 0 Å². The molecule has 2 aromatic carbocycles. The van der Waals surface area contributed by atoms with Crippen LogP contribution < -0.4 is 9.64 Å². The zero-order valence-electron chi connectivity index (χ0n) is 16.8. The van der Waals surface area contributed by atoms with Crippen LogP contribution in [-0.2, 0) is 16.1 Å². The predicted octanol–water partition coefficient (Wildman–Crippen LogP) is 2.54. The molecule has 152 valence electrons. The van der Waals surface area contributed by atoms with E-state index in [0.717, 1.165) is 32.7 Å². The first-order valence-electron chi connectivity index (χ1n) is 10.3. The lowest BCUT2D eigenvalue weighted by Crippen LogP contribution is -2.52. The van der Waals surface area contributed by atoms with Crippen LogP contribution in [0.15, 0.2) is 54.6 Å². The summed E-state index contributed by atoms with van der Waals surface area (Å²) in [6.45, 7) is 6.65. The van der Waals surface area contributed by atoms with Crippen LogP contribution in [0.5, 0.6) is 5.75 Å². The molecule has 2 heterocycles. The van der Waals surface area contributed by atoms with Gasteiger partial charge in [-0.05, 0) is 24.6 Å². The van der Waals surface area contributed by atoms with E-state index in [9.17, 15) is 9.59 Å². The number of carbonyl (C=O) groups excluding carboxylic acids is 2. The number of imide groups is 1. The molecular weight excluding hydrogens is 366 g/mol. The van der Waals surface area contributed by atoms with Gasteiger partial charge in [0.05, 0.1) is 24.8 Å². The number of nitrogens with zero attached hydrogens (tertiary/aromatic N) is 3. The minimum absolute atomic E-state index is 0.140. The largest absolute Gasteiger partial charge is 0.492 e. The maximum Gasteiger partial charge on any atom is 0.251 e. The van der Waals surface area contributed by atoms with Crippen molar-refractivity contribution in [3.05, 3.63) is 60.2 Å². The number of para-hydroxylation sites is 2. The first-order chi connectivity index (χ1) is 14.2. The van der Waals surface area contributed by atoms with Crippen molar-refractivity contribution in [1.82, 2.24) is 9.80 Å². The van der Waals surface area contributed by atoms with Crippen molar-refractivity contribution in [2.75, 3.05) is 37.7 Å². The van der Waals surface area contributed by atoms with Crippen molar-refractivity contribution < 1.29 is 14.3 Å². The molecule has 0 N–H and O–H groups in total. The molecule has 2 fully saturated rings. The Morgan fingerprint density at radius 1 is 0.931 bits per heavy atom. The van der Waals surface area contributed by atoms with Crippen molar-refractivity contribution in [3.63, 3.8) is 0 Å². The molecule has 4 rings (SSSR count). The first-order valence-corrected chi connectivity index (χ1v) is 10.3. The Kier molecular flexibility index (Phi) is 5.92. The van der Waals surface area contributed by atoms with E-state index in [1.165, 1.54) is 10.5 Å². The third-order valence-electron chi connectivity index (χ3n) is 5.63. The van der Waals surface area contributed by atoms with Crippen LogP contribution in [0.4, 0.5) is 5.69 Å². The van der Waals surface area contributed by atoms with Gasteiger partial charge < -0.3 is 4.74 Å². The zero-order chi connectivity index (χ0) is 20.2. The van der Waals surface area contributed by atoms with E-state index in [1.807, 2.05) is 25.1 Å². The molecule has 2 aromatic rings. The summed E-state index contributed by atoms with van der Waals surface area (Å²) in [6, 6.07) is 17.3. The zero-order valence-corrected chi connectivity index (χ0v) is 16.8. The number of hydrogen-bond donors (Lipinski definition) is 0. The Hall–Kier alpha value is -2.70. The van der Waals surface area contributed by atoms with Crippen molar-refractivity contribution in [3.8, 4) is 5.75 Å². The topological polar surface area (TPSA) is 53.1 Å². The normalized spacial score (nSPS) is 21.0. The standard InChI is InChI=1S/C23H27N3O3/c1-2-29-21-11-7-6-10-19(21)26-22(27)16-20(23(26)28)25-14-12-24(13-15-25)17-18-8-4-3-5-9-18/h3-11,20H,2,12-17H2,1H3. The van der Waals surface area contributed by atoms with E-state index in [4.69, 9.17) is 4.74 Å². The Bertz CT molecular complexity index is 863. The highest BCUT2D eigenvalue weighted by Crippen LogP contribution is 2.33. The van der Waals surface area contributed by atoms with Gasteiger partial charge in [0, 0.05) is 32.7 Å². The van der Waals surface area contributed by atoms with E-state index >= 15 is 0 Å². The summed E-state index contributed by atoms with van der Waals surface area (Å²) in [4.78, 5) is 31.7. The molecule has 0 aliphatic carbocycles. The minimum atomic E-state index is -0.379. The van der Waals surface area contributed by atoms with Crippen LogP contribution in [0.1, 0.15) is 18.9 Å². The second-order valence-corrected chi connectivity index (χ2v) is 7.49. The Balaban J connectivity index is 1.41. The summed E-state index contributed by atoms with van der Waals surface area (Å²) in [5.74, 6) is 0.280. The predicted molar refractivity (Wildman–Crippen MR) is 112 cm³/mol. The molecule has 2 amide bonds. The molecule has 2 aliphatic heterocycles. The number of hydrogen-bond acceptors (Lipinski definition) is 5. The van der Waals surface area contributed by atoms with Crippen molar-refractivity contribution >= 4 is 17.5 Å². The molecule has 1 unspecified atom stereocenters. The molecule has 0 radical (unpaired) electrons. The van der Waals surface area contributed by atoms with Crippen LogP contribution in [0.25, 0.3) is 0 Å². The fourth-order valence-corrected chi connectivity index (χ4v) is 4.15. The van der Waals surface area contributed by atoms with E-state index < -0.39 is 0 Å². The quantitative estimate of drug-likeness (QED) is 0.706. The number of carbonyl (C=O) groups is 2. The molecule has 0 bridgehead atoms. The third kappa shape index (κ3) is 4.18. The number of rotatable bonds is 6. The number of piperazine rings is 1. The molecule has 1 atom stereocenters. The van der Waals surface area contributed by atoms with E-state index in [0.29, 0.717) is 18.0 Å². The SMILES string of the molecule is CCOc1ccccc1N1C(=O)CC(N2CCN(Cc3ccccc3)CC2)C1=O. The fourth-order valence-electron chi connectivity index (χ4n) is 4.15. The fraction of sp³-hybridized carbons (Fsp3) is 0.391. The lowest BCUT2D eigenvalue weighted by Gasteiger charge is -2.37. The van der Waals surface area contributed by atoms with Gasteiger partial charge in [-0.2, -0.15) is 0 Å². The summed E-state index contributed by atoms with van der Waals surface area (Å²) in [5.41, 5.74) is 1.85. The monoisotopic (exact) mass is 393 g/mol. The molecule has 2 saturated heterocycles. The average Bonchev–Trinajstić information content (AvgIpc) is 3.04. The minimum Gasteiger partial charge on any atom is -0.492 e. The Labute approximate surface area is 171 Å². The summed E-state index contributed by atoms with van der Waals surface area (Å²) in [5, 5.41) is 0. The molecule has 0 saturated carbocycles. The second-order valence-electron chi connectivity index (χ2n) is 7.49. The summed E-state index contributed by atoms with van der Waals surface area (Å²) in [6.07, 6.45) is 0.234. The molecule has 6 heteroatoms. The summed E-state index contributed by atoms with van der Waals surface area (Å²) >= 11 is 0. The molecule has 6 nitrogen and oxygen atoms in total. The smallest absolute Gasteiger partial charge is 0.251 e. The first kappa shape index (κ1) is 19.6. The molecule has 29 heavy (non-hydrogen) atoms. The Morgan fingerprint density at radius 3 is 2.34 bits per heavy atom. The second kappa shape index (κ2) is 8.76. The highest BCUT2D eigenvalue weighted by atomic mass is 16.5. The lowest BCUT2D eigenvalue weighted by atomic mass is 10.1. The highest BCUT2D eigenvalue weighted by Gasteiger charge is 2.44. The number of amides is 2. The molecule has 2 aliphatic rings. The van der Waals surface area contributed by atoms with Gasteiger partial charge in [0.1, 0.15) is 5.75 Å². The van der Waals surface area contributed by atoms with Gasteiger partial charge in [0.15, 0.2) is 0 Å². The highest BCUT2D eigenvalue weighted by molar-refractivity contribution is 6.23.